The number of hydrogen-bond donors (Lipinski definition) is 1. The first-order chi connectivity index (χ1) is 8.35. The Kier molecular flexibility index (Phi) is 3.87. The Labute approximate surface area is 104 Å². The van der Waals surface area contributed by atoms with E-state index in [1.54, 1.807) is 12.4 Å². The highest BCUT2D eigenvalue weighted by Gasteiger charge is 2.10. The van der Waals surface area contributed by atoms with Gasteiger partial charge in [0, 0.05) is 18.3 Å². The van der Waals surface area contributed by atoms with Gasteiger partial charge in [-0.05, 0) is 19.9 Å². The molecule has 6 heteroatoms. The Morgan fingerprint density at radius 1 is 1.29 bits per heavy atom. The fraction of sp³-hybridized carbons (Fsp3) is 0.364. The van der Waals surface area contributed by atoms with Crippen LogP contribution < -0.4 is 10.1 Å². The molecular weight excluding hydrogens is 236 g/mol. The molecule has 1 N–H and O–H groups in total. The zero-order valence-corrected chi connectivity index (χ0v) is 10.6. The Balaban J connectivity index is 2.31. The van der Waals surface area contributed by atoms with Crippen molar-refractivity contribution in [2.75, 3.05) is 18.5 Å². The van der Waals surface area contributed by atoms with E-state index >= 15 is 0 Å². The molecule has 5 nitrogen and oxygen atoms in total. The van der Waals surface area contributed by atoms with E-state index in [0.717, 1.165) is 29.4 Å². The fourth-order valence-electron chi connectivity index (χ4n) is 1.46. The lowest BCUT2D eigenvalue weighted by molar-refractivity contribution is 0.339. The summed E-state index contributed by atoms with van der Waals surface area (Å²) in [6.45, 7) is 5.41. The maximum Gasteiger partial charge on any atom is 0.168 e. The van der Waals surface area contributed by atoms with Crippen molar-refractivity contribution in [3.63, 3.8) is 0 Å². The molecule has 90 valence electrons. The third kappa shape index (κ3) is 2.71. The van der Waals surface area contributed by atoms with E-state index in [1.807, 2.05) is 19.9 Å². The lowest BCUT2D eigenvalue weighted by atomic mass is 10.2. The van der Waals surface area contributed by atoms with Crippen LogP contribution in [0.15, 0.2) is 18.5 Å². The summed E-state index contributed by atoms with van der Waals surface area (Å²) in [4.78, 5) is 4.14. The van der Waals surface area contributed by atoms with E-state index in [4.69, 9.17) is 4.74 Å². The average molecular weight is 250 g/mol. The number of ether oxygens (including phenoxy) is 1. The third-order valence-corrected chi connectivity index (χ3v) is 2.66. The van der Waals surface area contributed by atoms with Gasteiger partial charge in [-0.25, -0.2) is 0 Å². The lowest BCUT2D eigenvalue weighted by Gasteiger charge is -2.05. The van der Waals surface area contributed by atoms with Crippen LogP contribution in [-0.2, 0) is 0 Å². The van der Waals surface area contributed by atoms with Crippen LogP contribution in [0.4, 0.5) is 5.82 Å². The minimum Gasteiger partial charge on any atom is -0.492 e. The summed E-state index contributed by atoms with van der Waals surface area (Å²) >= 11 is 1.19. The second-order valence-corrected chi connectivity index (χ2v) is 3.86. The van der Waals surface area contributed by atoms with Crippen LogP contribution in [0.3, 0.4) is 0 Å². The highest BCUT2D eigenvalue weighted by molar-refractivity contribution is 6.99. The fourth-order valence-corrected chi connectivity index (χ4v) is 2.00. The molecule has 0 unspecified atom stereocenters. The van der Waals surface area contributed by atoms with E-state index in [-0.39, 0.29) is 0 Å². The van der Waals surface area contributed by atoms with Crippen LogP contribution in [0, 0.1) is 0 Å². The van der Waals surface area contributed by atoms with E-state index in [2.05, 4.69) is 19.0 Å². The summed E-state index contributed by atoms with van der Waals surface area (Å²) in [5.41, 5.74) is 1.74. The van der Waals surface area contributed by atoms with Crippen LogP contribution in [0.2, 0.25) is 0 Å². The molecule has 0 amide bonds. The molecule has 0 fully saturated rings. The summed E-state index contributed by atoms with van der Waals surface area (Å²) in [6, 6.07) is 1.92. The third-order valence-electron chi connectivity index (χ3n) is 2.13. The van der Waals surface area contributed by atoms with Crippen molar-refractivity contribution < 1.29 is 4.74 Å². The first kappa shape index (κ1) is 11.8. The van der Waals surface area contributed by atoms with Gasteiger partial charge in [-0.15, -0.1) is 0 Å². The van der Waals surface area contributed by atoms with Crippen LogP contribution in [0.1, 0.15) is 13.8 Å². The van der Waals surface area contributed by atoms with Gasteiger partial charge in [-0.2, -0.15) is 8.75 Å². The van der Waals surface area contributed by atoms with Crippen molar-refractivity contribution in [1.29, 1.82) is 0 Å². The number of pyridine rings is 1. The predicted molar refractivity (Wildman–Crippen MR) is 68.5 cm³/mol. The second-order valence-electron chi connectivity index (χ2n) is 3.33. The van der Waals surface area contributed by atoms with Gasteiger partial charge in [0.25, 0.3) is 0 Å². The number of nitrogens with one attached hydrogen (secondary N) is 1. The highest BCUT2D eigenvalue weighted by atomic mass is 32.1. The van der Waals surface area contributed by atoms with E-state index in [0.29, 0.717) is 6.61 Å². The molecule has 0 aliphatic carbocycles. The molecule has 17 heavy (non-hydrogen) atoms. The molecule has 0 aliphatic rings. The predicted octanol–water partition coefficient (Wildman–Crippen LogP) is 2.43. The summed E-state index contributed by atoms with van der Waals surface area (Å²) < 4.78 is 13.9. The first-order valence-electron chi connectivity index (χ1n) is 5.49. The molecule has 0 aliphatic heterocycles. The van der Waals surface area contributed by atoms with Crippen LogP contribution >= 0.6 is 11.7 Å². The Bertz CT molecular complexity index is 486. The van der Waals surface area contributed by atoms with Gasteiger partial charge in [0.15, 0.2) is 5.82 Å². The summed E-state index contributed by atoms with van der Waals surface area (Å²) in [5.74, 6) is 1.55. The topological polar surface area (TPSA) is 59.9 Å². The molecule has 0 radical (unpaired) electrons. The molecule has 0 atom stereocenters. The van der Waals surface area contributed by atoms with E-state index in [9.17, 15) is 0 Å². The molecule has 2 aromatic rings. The van der Waals surface area contributed by atoms with Gasteiger partial charge in [-0.1, -0.05) is 0 Å². The molecule has 2 heterocycles. The maximum absolute atomic E-state index is 5.42. The van der Waals surface area contributed by atoms with Crippen LogP contribution in [0.5, 0.6) is 5.75 Å². The summed E-state index contributed by atoms with van der Waals surface area (Å²) in [5, 5.41) is 3.17. The normalized spacial score (nSPS) is 10.2. The molecule has 0 spiro atoms. The van der Waals surface area contributed by atoms with E-state index < -0.39 is 0 Å². The van der Waals surface area contributed by atoms with Crippen LogP contribution in [-0.4, -0.2) is 26.9 Å². The first-order valence-corrected chi connectivity index (χ1v) is 6.22. The lowest BCUT2D eigenvalue weighted by Crippen LogP contribution is -1.99. The molecule has 0 saturated carbocycles. The molecule has 0 aromatic carbocycles. The minimum absolute atomic E-state index is 0.626. The molecule has 0 saturated heterocycles. The Morgan fingerprint density at radius 2 is 2.18 bits per heavy atom. The van der Waals surface area contributed by atoms with Gasteiger partial charge >= 0.3 is 0 Å². The van der Waals surface area contributed by atoms with Crippen molar-refractivity contribution in [2.24, 2.45) is 0 Å². The Morgan fingerprint density at radius 3 is 2.94 bits per heavy atom. The van der Waals surface area contributed by atoms with Crippen molar-refractivity contribution in [3.05, 3.63) is 18.5 Å². The van der Waals surface area contributed by atoms with Crippen molar-refractivity contribution in [3.8, 4) is 17.0 Å². The number of rotatable bonds is 5. The molecule has 2 rings (SSSR count). The molecule has 2 aromatic heterocycles. The van der Waals surface area contributed by atoms with Crippen molar-refractivity contribution >= 4 is 17.5 Å². The highest BCUT2D eigenvalue weighted by Crippen LogP contribution is 2.27. The van der Waals surface area contributed by atoms with Crippen molar-refractivity contribution in [2.45, 2.75) is 13.8 Å². The standard InChI is InChI=1S/C11H14N4OS/c1-3-13-11-10(14-17-15-11)8-5-9(16-4-2)7-12-6-8/h5-7H,3-4H2,1-2H3,(H,13,15). The largest absolute Gasteiger partial charge is 0.492 e. The zero-order valence-electron chi connectivity index (χ0n) is 9.80. The summed E-state index contributed by atoms with van der Waals surface area (Å²) in [7, 11) is 0. The molecular formula is C11H14N4OS. The SMILES string of the molecule is CCNc1nsnc1-c1cncc(OCC)c1. The maximum atomic E-state index is 5.42. The molecule has 0 bridgehead atoms. The monoisotopic (exact) mass is 250 g/mol. The van der Waals surface area contributed by atoms with Crippen LogP contribution in [0.25, 0.3) is 11.3 Å². The van der Waals surface area contributed by atoms with Gasteiger partial charge in [0.05, 0.1) is 24.5 Å². The Hall–Kier alpha value is -1.69. The number of aromatic nitrogens is 3. The number of hydrogen-bond acceptors (Lipinski definition) is 6. The average Bonchev–Trinajstić information content (AvgIpc) is 2.79. The second kappa shape index (κ2) is 5.58. The minimum atomic E-state index is 0.626. The zero-order chi connectivity index (χ0) is 12.1. The number of anilines is 1. The summed E-state index contributed by atoms with van der Waals surface area (Å²) in [6.07, 6.45) is 3.46. The number of nitrogens with zero attached hydrogens (tertiary/aromatic N) is 3. The van der Waals surface area contributed by atoms with Gasteiger partial charge in [0.1, 0.15) is 11.4 Å². The van der Waals surface area contributed by atoms with Gasteiger partial charge in [-0.3, -0.25) is 4.98 Å². The quantitative estimate of drug-likeness (QED) is 0.883. The van der Waals surface area contributed by atoms with Gasteiger partial charge < -0.3 is 10.1 Å². The van der Waals surface area contributed by atoms with Gasteiger partial charge in [0.2, 0.25) is 0 Å². The smallest absolute Gasteiger partial charge is 0.168 e. The van der Waals surface area contributed by atoms with E-state index in [1.165, 1.54) is 11.7 Å². The van der Waals surface area contributed by atoms with Crippen molar-refractivity contribution in [1.82, 2.24) is 13.7 Å².